The van der Waals surface area contributed by atoms with Crippen LogP contribution in [0.2, 0.25) is 0 Å². The Morgan fingerprint density at radius 3 is 2.33 bits per heavy atom. The van der Waals surface area contributed by atoms with Gasteiger partial charge in [-0.15, -0.1) is 0 Å². The molecule has 0 aliphatic rings. The molecule has 0 fully saturated rings. The van der Waals surface area contributed by atoms with Crippen molar-refractivity contribution >= 4 is 5.91 Å². The van der Waals surface area contributed by atoms with Gasteiger partial charge >= 0.3 is 0 Å². The van der Waals surface area contributed by atoms with E-state index in [2.05, 4.69) is 10.6 Å². The lowest BCUT2D eigenvalue weighted by atomic mass is 10.1. The molecular weight excluding hydrogens is 192 g/mol. The summed E-state index contributed by atoms with van der Waals surface area (Å²) in [6.07, 6.45) is -0.458. The number of aliphatic hydroxyl groups is 1. The molecule has 3 N–H and O–H groups in total. The van der Waals surface area contributed by atoms with Crippen LogP contribution in [-0.4, -0.2) is 36.8 Å². The first-order valence-electron chi connectivity index (χ1n) is 5.65. The van der Waals surface area contributed by atoms with Crippen molar-refractivity contribution in [3.05, 3.63) is 0 Å². The maximum Gasteiger partial charge on any atom is 0.224 e. The van der Waals surface area contributed by atoms with Crippen LogP contribution in [0.5, 0.6) is 0 Å². The molecule has 0 rings (SSSR count). The maximum atomic E-state index is 11.5. The van der Waals surface area contributed by atoms with Crippen molar-refractivity contribution in [2.24, 2.45) is 11.8 Å². The van der Waals surface area contributed by atoms with E-state index in [9.17, 15) is 9.90 Å². The fraction of sp³-hybridized carbons (Fsp3) is 0.909. The Morgan fingerprint density at radius 2 is 1.87 bits per heavy atom. The molecule has 2 atom stereocenters. The number of hydrogen-bond donors (Lipinski definition) is 3. The summed E-state index contributed by atoms with van der Waals surface area (Å²) >= 11 is 0. The quantitative estimate of drug-likeness (QED) is 0.576. The average Bonchev–Trinajstić information content (AvgIpc) is 2.21. The van der Waals surface area contributed by atoms with Gasteiger partial charge in [-0.1, -0.05) is 27.7 Å². The highest BCUT2D eigenvalue weighted by Gasteiger charge is 2.14. The zero-order valence-electron chi connectivity index (χ0n) is 10.2. The summed E-state index contributed by atoms with van der Waals surface area (Å²) in [5, 5.41) is 15.4. The molecule has 2 unspecified atom stereocenters. The minimum absolute atomic E-state index is 0.00403. The molecule has 0 aliphatic carbocycles. The summed E-state index contributed by atoms with van der Waals surface area (Å²) in [6, 6.07) is 0. The van der Waals surface area contributed by atoms with E-state index in [1.807, 2.05) is 27.7 Å². The molecule has 0 saturated heterocycles. The molecule has 1 amide bonds. The molecule has 15 heavy (non-hydrogen) atoms. The van der Waals surface area contributed by atoms with Crippen LogP contribution >= 0.6 is 0 Å². The lowest BCUT2D eigenvalue weighted by molar-refractivity contribution is -0.124. The first kappa shape index (κ1) is 14.4. The van der Waals surface area contributed by atoms with Crippen LogP contribution in [0.3, 0.4) is 0 Å². The van der Waals surface area contributed by atoms with Crippen molar-refractivity contribution in [3.63, 3.8) is 0 Å². The maximum absolute atomic E-state index is 11.5. The SMILES string of the molecule is CCNCC(C)C(=O)NCC(O)C(C)C. The number of carbonyl (C=O) groups excluding carboxylic acids is 1. The van der Waals surface area contributed by atoms with Crippen LogP contribution in [-0.2, 0) is 4.79 Å². The van der Waals surface area contributed by atoms with Gasteiger partial charge in [0, 0.05) is 19.0 Å². The third-order valence-electron chi connectivity index (χ3n) is 2.40. The number of amides is 1. The van der Waals surface area contributed by atoms with Crippen LogP contribution in [0.25, 0.3) is 0 Å². The summed E-state index contributed by atoms with van der Waals surface area (Å²) in [5.74, 6) is 0.120. The highest BCUT2D eigenvalue weighted by atomic mass is 16.3. The standard InChI is InChI=1S/C11H24N2O2/c1-5-12-6-9(4)11(15)13-7-10(14)8(2)3/h8-10,12,14H,5-7H2,1-4H3,(H,13,15). The topological polar surface area (TPSA) is 61.4 Å². The lowest BCUT2D eigenvalue weighted by Crippen LogP contribution is -2.40. The largest absolute Gasteiger partial charge is 0.391 e. The van der Waals surface area contributed by atoms with Gasteiger partial charge in [0.15, 0.2) is 0 Å². The molecular formula is C11H24N2O2. The molecule has 4 nitrogen and oxygen atoms in total. The second-order valence-corrected chi connectivity index (χ2v) is 4.27. The number of rotatable bonds is 7. The molecule has 0 aliphatic heterocycles. The minimum Gasteiger partial charge on any atom is -0.391 e. The van der Waals surface area contributed by atoms with Gasteiger partial charge in [0.25, 0.3) is 0 Å². The van der Waals surface area contributed by atoms with Crippen molar-refractivity contribution in [2.75, 3.05) is 19.6 Å². The first-order chi connectivity index (χ1) is 6.99. The van der Waals surface area contributed by atoms with Gasteiger partial charge in [-0.3, -0.25) is 4.79 Å². The fourth-order valence-electron chi connectivity index (χ4n) is 1.07. The normalized spacial score (nSPS) is 15.1. The highest BCUT2D eigenvalue weighted by molar-refractivity contribution is 5.78. The first-order valence-corrected chi connectivity index (χ1v) is 5.65. The smallest absolute Gasteiger partial charge is 0.224 e. The molecule has 0 heterocycles. The molecule has 0 bridgehead atoms. The summed E-state index contributed by atoms with van der Waals surface area (Å²) in [6.45, 7) is 9.63. The Hall–Kier alpha value is -0.610. The average molecular weight is 216 g/mol. The Kier molecular flexibility index (Phi) is 7.34. The van der Waals surface area contributed by atoms with Crippen LogP contribution in [0.1, 0.15) is 27.7 Å². The molecule has 90 valence electrons. The third-order valence-corrected chi connectivity index (χ3v) is 2.40. The van der Waals surface area contributed by atoms with E-state index in [0.29, 0.717) is 13.1 Å². The summed E-state index contributed by atoms with van der Waals surface area (Å²) in [4.78, 5) is 11.5. The van der Waals surface area contributed by atoms with Crippen molar-refractivity contribution < 1.29 is 9.90 Å². The van der Waals surface area contributed by atoms with Gasteiger partial charge in [0.05, 0.1) is 6.10 Å². The summed E-state index contributed by atoms with van der Waals surface area (Å²) in [5.41, 5.74) is 0. The second-order valence-electron chi connectivity index (χ2n) is 4.27. The minimum atomic E-state index is -0.458. The zero-order chi connectivity index (χ0) is 11.8. The Morgan fingerprint density at radius 1 is 1.27 bits per heavy atom. The predicted molar refractivity (Wildman–Crippen MR) is 61.6 cm³/mol. The van der Waals surface area contributed by atoms with E-state index < -0.39 is 6.10 Å². The molecule has 0 aromatic heterocycles. The Balaban J connectivity index is 3.73. The Labute approximate surface area is 92.4 Å². The summed E-state index contributed by atoms with van der Waals surface area (Å²) in [7, 11) is 0. The van der Waals surface area contributed by atoms with Crippen molar-refractivity contribution in [1.29, 1.82) is 0 Å². The van der Waals surface area contributed by atoms with Gasteiger partial charge in [0.2, 0.25) is 5.91 Å². The lowest BCUT2D eigenvalue weighted by Gasteiger charge is -2.17. The molecule has 0 spiro atoms. The van der Waals surface area contributed by atoms with Crippen LogP contribution < -0.4 is 10.6 Å². The molecule has 0 aromatic rings. The number of hydrogen-bond acceptors (Lipinski definition) is 3. The van der Waals surface area contributed by atoms with E-state index in [1.54, 1.807) is 0 Å². The fourth-order valence-corrected chi connectivity index (χ4v) is 1.07. The van der Waals surface area contributed by atoms with E-state index in [1.165, 1.54) is 0 Å². The number of aliphatic hydroxyl groups excluding tert-OH is 1. The van der Waals surface area contributed by atoms with Crippen LogP contribution in [0.4, 0.5) is 0 Å². The van der Waals surface area contributed by atoms with E-state index in [4.69, 9.17) is 0 Å². The van der Waals surface area contributed by atoms with E-state index in [0.717, 1.165) is 6.54 Å². The third kappa shape index (κ3) is 6.47. The molecule has 0 saturated carbocycles. The van der Waals surface area contributed by atoms with Crippen LogP contribution in [0.15, 0.2) is 0 Å². The zero-order valence-corrected chi connectivity index (χ0v) is 10.2. The van der Waals surface area contributed by atoms with Crippen molar-refractivity contribution in [2.45, 2.75) is 33.8 Å². The van der Waals surface area contributed by atoms with E-state index >= 15 is 0 Å². The second kappa shape index (κ2) is 7.65. The van der Waals surface area contributed by atoms with Gasteiger partial charge in [0.1, 0.15) is 0 Å². The van der Waals surface area contributed by atoms with Crippen molar-refractivity contribution in [3.8, 4) is 0 Å². The Bertz CT molecular complexity index is 183. The number of nitrogens with one attached hydrogen (secondary N) is 2. The van der Waals surface area contributed by atoms with Gasteiger partial charge in [-0.05, 0) is 12.5 Å². The van der Waals surface area contributed by atoms with Gasteiger partial charge < -0.3 is 15.7 Å². The predicted octanol–water partition coefficient (Wildman–Crippen LogP) is 0.365. The van der Waals surface area contributed by atoms with Crippen LogP contribution in [0, 0.1) is 11.8 Å². The highest BCUT2D eigenvalue weighted by Crippen LogP contribution is 2.00. The molecule has 0 radical (unpaired) electrons. The summed E-state index contributed by atoms with van der Waals surface area (Å²) < 4.78 is 0. The molecule has 4 heteroatoms. The van der Waals surface area contributed by atoms with E-state index in [-0.39, 0.29) is 17.7 Å². The monoisotopic (exact) mass is 216 g/mol. The van der Waals surface area contributed by atoms with Gasteiger partial charge in [-0.2, -0.15) is 0 Å². The number of carbonyl (C=O) groups is 1. The van der Waals surface area contributed by atoms with Gasteiger partial charge in [-0.25, -0.2) is 0 Å². The molecule has 0 aromatic carbocycles. The van der Waals surface area contributed by atoms with Crippen molar-refractivity contribution in [1.82, 2.24) is 10.6 Å².